The molecule has 13 heavy (non-hydrogen) atoms. The molecule has 3 N–H and O–H groups in total. The Balaban J connectivity index is 3.83. The van der Waals surface area contributed by atoms with E-state index in [2.05, 4.69) is 19.2 Å². The van der Waals surface area contributed by atoms with Crippen LogP contribution in [0, 0.1) is 11.8 Å². The molecule has 0 saturated carbocycles. The first-order valence-corrected chi connectivity index (χ1v) is 5.00. The first kappa shape index (κ1) is 12.9. The van der Waals surface area contributed by atoms with Gasteiger partial charge in [-0.25, -0.2) is 0 Å². The van der Waals surface area contributed by atoms with Gasteiger partial charge in [0, 0.05) is 25.3 Å². The smallest absolute Gasteiger partial charge is 0.0471 e. The van der Waals surface area contributed by atoms with Crippen LogP contribution >= 0.6 is 0 Å². The van der Waals surface area contributed by atoms with Crippen molar-refractivity contribution in [2.45, 2.75) is 39.8 Å². The molecule has 0 aromatic heterocycles. The van der Waals surface area contributed by atoms with Crippen LogP contribution in [0.2, 0.25) is 0 Å². The summed E-state index contributed by atoms with van der Waals surface area (Å²) >= 11 is 0. The molecule has 4 atom stereocenters. The lowest BCUT2D eigenvalue weighted by molar-refractivity contribution is 0.172. The van der Waals surface area contributed by atoms with E-state index in [0.717, 1.165) is 0 Å². The van der Waals surface area contributed by atoms with Gasteiger partial charge in [-0.1, -0.05) is 13.8 Å². The molecule has 3 nitrogen and oxygen atoms in total. The zero-order valence-electron chi connectivity index (χ0n) is 9.12. The van der Waals surface area contributed by atoms with Gasteiger partial charge >= 0.3 is 0 Å². The number of nitrogens with one attached hydrogen (secondary N) is 1. The average Bonchev–Trinajstić information content (AvgIpc) is 2.14. The summed E-state index contributed by atoms with van der Waals surface area (Å²) in [7, 11) is 0. The monoisotopic (exact) mass is 189 g/mol. The van der Waals surface area contributed by atoms with E-state index in [-0.39, 0.29) is 37.1 Å². The standard InChI is InChI=1S/C10H23NO2/c1-7(5-12)9(3)11-10(4)8(2)6-13/h7-13H,5-6H2,1-4H3. The molecular formula is C10H23NO2. The summed E-state index contributed by atoms with van der Waals surface area (Å²) in [6.45, 7) is 8.54. The predicted octanol–water partition coefficient (Wildman–Crippen LogP) is 0.610. The van der Waals surface area contributed by atoms with E-state index in [1.54, 1.807) is 0 Å². The Kier molecular flexibility index (Phi) is 6.29. The quantitative estimate of drug-likeness (QED) is 0.574. The summed E-state index contributed by atoms with van der Waals surface area (Å²) in [5.41, 5.74) is 0. The molecule has 0 rings (SSSR count). The van der Waals surface area contributed by atoms with E-state index in [0.29, 0.717) is 0 Å². The Bertz CT molecular complexity index is 116. The summed E-state index contributed by atoms with van der Waals surface area (Å²) < 4.78 is 0. The van der Waals surface area contributed by atoms with Crippen molar-refractivity contribution in [3.8, 4) is 0 Å². The van der Waals surface area contributed by atoms with Crippen molar-refractivity contribution in [3.05, 3.63) is 0 Å². The van der Waals surface area contributed by atoms with Gasteiger partial charge in [-0.05, 0) is 25.7 Å². The average molecular weight is 189 g/mol. The fourth-order valence-electron chi connectivity index (χ4n) is 1.06. The highest BCUT2D eigenvalue weighted by Crippen LogP contribution is 2.06. The van der Waals surface area contributed by atoms with Crippen LogP contribution in [-0.4, -0.2) is 35.5 Å². The van der Waals surface area contributed by atoms with Crippen LogP contribution in [0.5, 0.6) is 0 Å². The highest BCUT2D eigenvalue weighted by atomic mass is 16.3. The summed E-state index contributed by atoms with van der Waals surface area (Å²) in [5, 5.41) is 21.2. The van der Waals surface area contributed by atoms with Gasteiger partial charge in [0.1, 0.15) is 0 Å². The van der Waals surface area contributed by atoms with Crippen molar-refractivity contribution in [3.63, 3.8) is 0 Å². The maximum Gasteiger partial charge on any atom is 0.0471 e. The third kappa shape index (κ3) is 4.60. The van der Waals surface area contributed by atoms with Gasteiger partial charge in [-0.2, -0.15) is 0 Å². The lowest BCUT2D eigenvalue weighted by Gasteiger charge is -2.27. The van der Waals surface area contributed by atoms with Gasteiger partial charge in [0.15, 0.2) is 0 Å². The van der Waals surface area contributed by atoms with E-state index >= 15 is 0 Å². The van der Waals surface area contributed by atoms with Gasteiger partial charge < -0.3 is 15.5 Å². The van der Waals surface area contributed by atoms with Gasteiger partial charge in [0.2, 0.25) is 0 Å². The van der Waals surface area contributed by atoms with Crippen molar-refractivity contribution in [1.82, 2.24) is 5.32 Å². The molecule has 0 aliphatic heterocycles. The minimum Gasteiger partial charge on any atom is -0.396 e. The molecule has 0 aromatic carbocycles. The molecule has 0 spiro atoms. The van der Waals surface area contributed by atoms with Crippen molar-refractivity contribution in [2.24, 2.45) is 11.8 Å². The second-order valence-electron chi connectivity index (χ2n) is 4.06. The normalized spacial score (nSPS) is 20.8. The molecule has 0 aliphatic carbocycles. The van der Waals surface area contributed by atoms with E-state index in [4.69, 9.17) is 10.2 Å². The molecule has 0 bridgehead atoms. The van der Waals surface area contributed by atoms with Gasteiger partial charge in [0.25, 0.3) is 0 Å². The summed E-state index contributed by atoms with van der Waals surface area (Å²) in [5.74, 6) is 0.515. The zero-order chi connectivity index (χ0) is 10.4. The van der Waals surface area contributed by atoms with Crippen molar-refractivity contribution in [2.75, 3.05) is 13.2 Å². The fraction of sp³-hybridized carbons (Fsp3) is 1.00. The second-order valence-corrected chi connectivity index (χ2v) is 4.06. The second kappa shape index (κ2) is 6.35. The van der Waals surface area contributed by atoms with Crippen LogP contribution in [0.4, 0.5) is 0 Å². The number of aliphatic hydroxyl groups excluding tert-OH is 2. The molecule has 0 fully saturated rings. The van der Waals surface area contributed by atoms with E-state index in [1.807, 2.05) is 13.8 Å². The van der Waals surface area contributed by atoms with Gasteiger partial charge in [-0.15, -0.1) is 0 Å². The largest absolute Gasteiger partial charge is 0.396 e. The third-order valence-corrected chi connectivity index (χ3v) is 2.81. The predicted molar refractivity (Wildman–Crippen MR) is 54.6 cm³/mol. The molecular weight excluding hydrogens is 166 g/mol. The maximum atomic E-state index is 8.92. The molecule has 0 aliphatic rings. The third-order valence-electron chi connectivity index (χ3n) is 2.81. The molecule has 4 unspecified atom stereocenters. The lowest BCUT2D eigenvalue weighted by Crippen LogP contribution is -2.43. The van der Waals surface area contributed by atoms with E-state index in [1.165, 1.54) is 0 Å². The lowest BCUT2D eigenvalue weighted by atomic mass is 10.00. The Morgan fingerprint density at radius 2 is 1.15 bits per heavy atom. The molecule has 0 aromatic rings. The molecule has 3 heteroatoms. The van der Waals surface area contributed by atoms with Crippen LogP contribution in [-0.2, 0) is 0 Å². The minimum absolute atomic E-state index is 0.203. The SMILES string of the molecule is CC(CO)C(C)NC(C)C(C)CO. The van der Waals surface area contributed by atoms with Crippen LogP contribution < -0.4 is 5.32 Å². The summed E-state index contributed by atoms with van der Waals surface area (Å²) in [6.07, 6.45) is 0. The maximum absolute atomic E-state index is 8.92. The minimum atomic E-state index is 0.203. The number of hydrogen-bond donors (Lipinski definition) is 3. The molecule has 0 amide bonds. The van der Waals surface area contributed by atoms with Gasteiger partial charge in [0.05, 0.1) is 0 Å². The molecule has 0 heterocycles. The Labute approximate surface area is 81.2 Å². The number of rotatable bonds is 6. The Morgan fingerprint density at radius 1 is 0.846 bits per heavy atom. The molecule has 0 saturated heterocycles. The van der Waals surface area contributed by atoms with E-state index in [9.17, 15) is 0 Å². The van der Waals surface area contributed by atoms with Crippen LogP contribution in [0.3, 0.4) is 0 Å². The zero-order valence-corrected chi connectivity index (χ0v) is 9.12. The van der Waals surface area contributed by atoms with Crippen molar-refractivity contribution in [1.29, 1.82) is 0 Å². The number of hydrogen-bond acceptors (Lipinski definition) is 3. The van der Waals surface area contributed by atoms with Crippen LogP contribution in [0.25, 0.3) is 0 Å². The highest BCUT2D eigenvalue weighted by molar-refractivity contribution is 4.75. The fourth-order valence-corrected chi connectivity index (χ4v) is 1.06. The molecule has 80 valence electrons. The van der Waals surface area contributed by atoms with Gasteiger partial charge in [-0.3, -0.25) is 0 Å². The summed E-state index contributed by atoms with van der Waals surface area (Å²) in [6, 6.07) is 0.572. The van der Waals surface area contributed by atoms with E-state index < -0.39 is 0 Å². The Hall–Kier alpha value is -0.120. The highest BCUT2D eigenvalue weighted by Gasteiger charge is 2.16. The van der Waals surface area contributed by atoms with Crippen LogP contribution in [0.1, 0.15) is 27.7 Å². The van der Waals surface area contributed by atoms with Crippen LogP contribution in [0.15, 0.2) is 0 Å². The van der Waals surface area contributed by atoms with Crippen molar-refractivity contribution < 1.29 is 10.2 Å². The first-order chi connectivity index (χ1) is 6.02. The summed E-state index contributed by atoms with van der Waals surface area (Å²) in [4.78, 5) is 0. The van der Waals surface area contributed by atoms with Crippen molar-refractivity contribution >= 4 is 0 Å². The first-order valence-electron chi connectivity index (χ1n) is 5.00. The number of aliphatic hydroxyl groups is 2. The topological polar surface area (TPSA) is 52.5 Å². The molecule has 0 radical (unpaired) electrons. The Morgan fingerprint density at radius 3 is 1.38 bits per heavy atom.